The monoisotopic (exact) mass is 448 g/mol. The number of halogens is 1. The molecule has 1 heterocycles. The van der Waals surface area contributed by atoms with Gasteiger partial charge < -0.3 is 4.74 Å². The second kappa shape index (κ2) is 9.41. The lowest BCUT2D eigenvalue weighted by Crippen LogP contribution is -2.14. The van der Waals surface area contributed by atoms with Crippen LogP contribution in [0.2, 0.25) is 0 Å². The third-order valence-electron chi connectivity index (χ3n) is 3.71. The molecule has 2 aromatic carbocycles. The zero-order valence-corrected chi connectivity index (χ0v) is 17.0. The highest BCUT2D eigenvalue weighted by Gasteiger charge is 2.19. The van der Waals surface area contributed by atoms with E-state index < -0.39 is 22.5 Å². The summed E-state index contributed by atoms with van der Waals surface area (Å²) in [4.78, 5) is 34.6. The van der Waals surface area contributed by atoms with Crippen LogP contribution in [0.5, 0.6) is 0 Å². The second-order valence-corrected chi connectivity index (χ2v) is 7.96. The molecular formula is C18H13FN4O5S2. The number of esters is 1. The van der Waals surface area contributed by atoms with Crippen molar-refractivity contribution in [3.63, 3.8) is 0 Å². The number of rotatable bonds is 7. The van der Waals surface area contributed by atoms with Crippen LogP contribution in [0, 0.1) is 15.9 Å². The highest BCUT2D eigenvalue weighted by molar-refractivity contribution is 8.00. The van der Waals surface area contributed by atoms with Crippen LogP contribution in [0.15, 0.2) is 46.8 Å². The molecule has 154 valence electrons. The Kier molecular flexibility index (Phi) is 6.69. The fourth-order valence-electron chi connectivity index (χ4n) is 2.30. The number of anilines is 1. The van der Waals surface area contributed by atoms with Gasteiger partial charge in [-0.1, -0.05) is 35.2 Å². The lowest BCUT2D eigenvalue weighted by atomic mass is 10.1. The first kappa shape index (κ1) is 21.3. The third kappa shape index (κ3) is 5.36. The first-order valence-corrected chi connectivity index (χ1v) is 10.1. The average molecular weight is 448 g/mol. The van der Waals surface area contributed by atoms with Gasteiger partial charge in [-0.25, -0.2) is 9.18 Å². The van der Waals surface area contributed by atoms with Crippen molar-refractivity contribution in [2.24, 2.45) is 0 Å². The van der Waals surface area contributed by atoms with Gasteiger partial charge in [0.1, 0.15) is 5.82 Å². The molecule has 1 N–H and O–H groups in total. The van der Waals surface area contributed by atoms with E-state index in [-0.39, 0.29) is 22.1 Å². The molecule has 0 aliphatic heterocycles. The predicted octanol–water partition coefficient (Wildman–Crippen LogP) is 3.92. The van der Waals surface area contributed by atoms with E-state index in [4.69, 9.17) is 0 Å². The average Bonchev–Trinajstić information content (AvgIpc) is 3.19. The Morgan fingerprint density at radius 1 is 1.20 bits per heavy atom. The Bertz CT molecular complexity index is 1100. The van der Waals surface area contributed by atoms with Crippen molar-refractivity contribution in [3.05, 3.63) is 75.1 Å². The number of nitro benzene ring substituents is 1. The fraction of sp³-hybridized carbons (Fsp3) is 0.111. The molecule has 0 saturated heterocycles. The van der Waals surface area contributed by atoms with Crippen LogP contribution in [0.4, 0.5) is 15.2 Å². The number of nitrogens with one attached hydrogen (secondary N) is 1. The molecular weight excluding hydrogens is 435 g/mol. The smallest absolute Gasteiger partial charge is 0.338 e. The molecule has 1 amide bonds. The van der Waals surface area contributed by atoms with E-state index in [0.717, 1.165) is 36.1 Å². The number of non-ortho nitro benzene ring substituents is 1. The summed E-state index contributed by atoms with van der Waals surface area (Å²) in [6, 6.07) is 9.32. The van der Waals surface area contributed by atoms with E-state index in [1.165, 1.54) is 30.0 Å². The Labute approximate surface area is 177 Å². The maximum absolute atomic E-state index is 12.9. The molecule has 1 aromatic heterocycles. The number of hydrogen-bond acceptors (Lipinski definition) is 9. The Morgan fingerprint density at radius 3 is 2.57 bits per heavy atom. The molecule has 0 aliphatic carbocycles. The van der Waals surface area contributed by atoms with Crippen LogP contribution in [-0.2, 0) is 10.5 Å². The molecule has 0 atom stereocenters. The lowest BCUT2D eigenvalue weighted by Gasteiger charge is -2.04. The van der Waals surface area contributed by atoms with Crippen LogP contribution in [0.25, 0.3) is 0 Å². The molecule has 0 saturated carbocycles. The van der Waals surface area contributed by atoms with Crippen molar-refractivity contribution in [2.45, 2.75) is 10.1 Å². The van der Waals surface area contributed by atoms with E-state index in [9.17, 15) is 24.1 Å². The number of nitrogens with zero attached hydrogens (tertiary/aromatic N) is 3. The van der Waals surface area contributed by atoms with Gasteiger partial charge in [0.2, 0.25) is 5.13 Å². The highest BCUT2D eigenvalue weighted by Crippen LogP contribution is 2.29. The van der Waals surface area contributed by atoms with Crippen molar-refractivity contribution >= 4 is 45.8 Å². The molecule has 0 fully saturated rings. The van der Waals surface area contributed by atoms with E-state index in [1.807, 2.05) is 0 Å². The van der Waals surface area contributed by atoms with Crippen molar-refractivity contribution in [1.29, 1.82) is 0 Å². The van der Waals surface area contributed by atoms with Crippen molar-refractivity contribution in [3.8, 4) is 0 Å². The minimum atomic E-state index is -0.803. The summed E-state index contributed by atoms with van der Waals surface area (Å²) in [5, 5.41) is 21.6. The van der Waals surface area contributed by atoms with Gasteiger partial charge >= 0.3 is 5.97 Å². The van der Waals surface area contributed by atoms with Crippen LogP contribution >= 0.6 is 23.1 Å². The van der Waals surface area contributed by atoms with E-state index in [1.54, 1.807) is 12.1 Å². The van der Waals surface area contributed by atoms with Gasteiger partial charge in [0.25, 0.3) is 11.6 Å². The number of methoxy groups -OCH3 is 1. The van der Waals surface area contributed by atoms with Gasteiger partial charge in [0.15, 0.2) is 4.34 Å². The summed E-state index contributed by atoms with van der Waals surface area (Å²) in [5.74, 6) is -1.27. The number of aromatic nitrogens is 2. The summed E-state index contributed by atoms with van der Waals surface area (Å²) < 4.78 is 18.1. The minimum absolute atomic E-state index is 0.0969. The number of ether oxygens (including phenoxy) is 1. The second-order valence-electron chi connectivity index (χ2n) is 5.76. The molecule has 9 nitrogen and oxygen atoms in total. The zero-order valence-electron chi connectivity index (χ0n) is 15.3. The maximum atomic E-state index is 12.9. The Morgan fingerprint density at radius 2 is 1.90 bits per heavy atom. The van der Waals surface area contributed by atoms with Crippen molar-refractivity contribution in [2.75, 3.05) is 12.4 Å². The topological polar surface area (TPSA) is 124 Å². The summed E-state index contributed by atoms with van der Waals surface area (Å²) in [6.07, 6.45) is 0. The fourth-order valence-corrected chi connectivity index (χ4v) is 4.00. The largest absolute Gasteiger partial charge is 0.465 e. The van der Waals surface area contributed by atoms with Crippen molar-refractivity contribution < 1.29 is 23.6 Å². The quantitative estimate of drug-likeness (QED) is 0.190. The SMILES string of the molecule is COC(=O)c1cc(C(=O)Nc2nnc(SCc3ccc(F)cc3)s2)cc([N+](=O)[O-])c1. The summed E-state index contributed by atoms with van der Waals surface area (Å²) in [7, 11) is 1.13. The Hall–Kier alpha value is -3.38. The van der Waals surface area contributed by atoms with Crippen LogP contribution in [0.1, 0.15) is 26.3 Å². The Balaban J connectivity index is 1.70. The van der Waals surface area contributed by atoms with E-state index in [0.29, 0.717) is 10.1 Å². The molecule has 30 heavy (non-hydrogen) atoms. The molecule has 0 spiro atoms. The number of benzene rings is 2. The van der Waals surface area contributed by atoms with Crippen LogP contribution in [-0.4, -0.2) is 34.1 Å². The molecule has 0 bridgehead atoms. The summed E-state index contributed by atoms with van der Waals surface area (Å²) in [5.41, 5.74) is 0.259. The molecule has 3 aromatic rings. The van der Waals surface area contributed by atoms with Crippen molar-refractivity contribution in [1.82, 2.24) is 10.2 Å². The first-order valence-electron chi connectivity index (χ1n) is 8.25. The van der Waals surface area contributed by atoms with Gasteiger partial charge in [-0.15, -0.1) is 10.2 Å². The molecule has 0 radical (unpaired) electrons. The van der Waals surface area contributed by atoms with Gasteiger partial charge in [0.05, 0.1) is 17.6 Å². The molecule has 0 unspecified atom stereocenters. The van der Waals surface area contributed by atoms with Gasteiger partial charge in [-0.05, 0) is 23.8 Å². The maximum Gasteiger partial charge on any atom is 0.338 e. The normalized spacial score (nSPS) is 10.5. The molecule has 12 heteroatoms. The standard InChI is InChI=1S/C18H13FN4O5S2/c1-28-16(25)12-6-11(7-14(8-12)23(26)27)15(24)20-17-21-22-18(30-17)29-9-10-2-4-13(19)5-3-10/h2-8H,9H2,1H3,(H,20,21,24). The number of thioether (sulfide) groups is 1. The van der Waals surface area contributed by atoms with Crippen LogP contribution < -0.4 is 5.32 Å². The first-order chi connectivity index (χ1) is 14.4. The summed E-state index contributed by atoms with van der Waals surface area (Å²) >= 11 is 2.47. The van der Waals surface area contributed by atoms with Gasteiger partial charge in [-0.3, -0.25) is 20.2 Å². The van der Waals surface area contributed by atoms with E-state index in [2.05, 4.69) is 20.3 Å². The van der Waals surface area contributed by atoms with Crippen LogP contribution in [0.3, 0.4) is 0 Å². The van der Waals surface area contributed by atoms with Gasteiger partial charge in [-0.2, -0.15) is 0 Å². The molecule has 3 rings (SSSR count). The predicted molar refractivity (Wildman–Crippen MR) is 108 cm³/mol. The minimum Gasteiger partial charge on any atom is -0.465 e. The lowest BCUT2D eigenvalue weighted by molar-refractivity contribution is -0.384. The number of carbonyl (C=O) groups excluding carboxylic acids is 2. The van der Waals surface area contributed by atoms with E-state index >= 15 is 0 Å². The molecule has 0 aliphatic rings. The third-order valence-corrected chi connectivity index (χ3v) is 5.76. The van der Waals surface area contributed by atoms with Gasteiger partial charge in [0, 0.05) is 23.4 Å². The zero-order chi connectivity index (χ0) is 21.7. The number of carbonyl (C=O) groups is 2. The highest BCUT2D eigenvalue weighted by atomic mass is 32.2. The summed E-state index contributed by atoms with van der Waals surface area (Å²) in [6.45, 7) is 0. The number of nitro groups is 1. The number of hydrogen-bond donors (Lipinski definition) is 1. The number of amides is 1.